The molecule has 10 heavy (non-hydrogen) atoms. The number of carbonyl (C=O) groups is 2. The van der Waals surface area contributed by atoms with Gasteiger partial charge in [0.25, 0.3) is 5.91 Å². The van der Waals surface area contributed by atoms with E-state index in [1.807, 2.05) is 0 Å². The minimum atomic E-state index is -0.544. The lowest BCUT2D eigenvalue weighted by Crippen LogP contribution is -2.26. The van der Waals surface area contributed by atoms with Crippen molar-refractivity contribution in [2.75, 3.05) is 6.61 Å². The standard InChI is InChI=1S/C6H9NO3/c1-2-10-4-3-5(8)7-6(4)9/h4H,2-3H2,1H3,(H,7,8,9). The first-order valence-electron chi connectivity index (χ1n) is 3.19. The Balaban J connectivity index is 2.46. The molecule has 0 aromatic heterocycles. The van der Waals surface area contributed by atoms with Gasteiger partial charge in [-0.1, -0.05) is 0 Å². The van der Waals surface area contributed by atoms with Gasteiger partial charge in [-0.25, -0.2) is 0 Å². The summed E-state index contributed by atoms with van der Waals surface area (Å²) in [5, 5.41) is 2.15. The van der Waals surface area contributed by atoms with Crippen LogP contribution in [-0.4, -0.2) is 24.5 Å². The van der Waals surface area contributed by atoms with E-state index < -0.39 is 6.10 Å². The van der Waals surface area contributed by atoms with Crippen molar-refractivity contribution in [1.29, 1.82) is 0 Å². The van der Waals surface area contributed by atoms with Gasteiger partial charge in [-0.05, 0) is 6.92 Å². The van der Waals surface area contributed by atoms with E-state index in [1.54, 1.807) is 6.92 Å². The minimum Gasteiger partial charge on any atom is -0.368 e. The van der Waals surface area contributed by atoms with Crippen LogP contribution >= 0.6 is 0 Å². The van der Waals surface area contributed by atoms with Gasteiger partial charge < -0.3 is 4.74 Å². The van der Waals surface area contributed by atoms with Gasteiger partial charge in [-0.2, -0.15) is 0 Å². The first kappa shape index (κ1) is 7.21. The van der Waals surface area contributed by atoms with Crippen LogP contribution in [0.3, 0.4) is 0 Å². The second-order valence-electron chi connectivity index (χ2n) is 2.06. The summed E-state index contributed by atoms with van der Waals surface area (Å²) >= 11 is 0. The SMILES string of the molecule is CCOC1CC(=O)NC1=O. The van der Waals surface area contributed by atoms with Crippen molar-refractivity contribution in [1.82, 2.24) is 5.32 Å². The van der Waals surface area contributed by atoms with Crippen LogP contribution in [0, 0.1) is 0 Å². The quantitative estimate of drug-likeness (QED) is 0.527. The van der Waals surface area contributed by atoms with Crippen molar-refractivity contribution >= 4 is 11.8 Å². The van der Waals surface area contributed by atoms with Crippen LogP contribution in [0.15, 0.2) is 0 Å². The molecule has 1 unspecified atom stereocenters. The molecule has 2 amide bonds. The van der Waals surface area contributed by atoms with Crippen LogP contribution in [0.25, 0.3) is 0 Å². The molecule has 1 aliphatic rings. The van der Waals surface area contributed by atoms with E-state index in [-0.39, 0.29) is 18.2 Å². The van der Waals surface area contributed by atoms with Crippen LogP contribution in [0.1, 0.15) is 13.3 Å². The van der Waals surface area contributed by atoms with E-state index in [0.717, 1.165) is 0 Å². The van der Waals surface area contributed by atoms with Gasteiger partial charge in [-0.15, -0.1) is 0 Å². The third-order valence-corrected chi connectivity index (χ3v) is 1.29. The highest BCUT2D eigenvalue weighted by atomic mass is 16.5. The van der Waals surface area contributed by atoms with Crippen molar-refractivity contribution in [3.63, 3.8) is 0 Å². The van der Waals surface area contributed by atoms with Gasteiger partial charge >= 0.3 is 0 Å². The molecular formula is C6H9NO3. The Morgan fingerprint density at radius 3 is 2.80 bits per heavy atom. The minimum absolute atomic E-state index is 0.173. The molecule has 1 aliphatic heterocycles. The molecule has 4 heteroatoms. The van der Waals surface area contributed by atoms with Gasteiger partial charge in [-0.3, -0.25) is 14.9 Å². The van der Waals surface area contributed by atoms with Gasteiger partial charge in [0, 0.05) is 6.61 Å². The number of nitrogens with one attached hydrogen (secondary N) is 1. The Kier molecular flexibility index (Phi) is 2.01. The molecule has 0 aromatic rings. The van der Waals surface area contributed by atoms with E-state index in [2.05, 4.69) is 5.32 Å². The van der Waals surface area contributed by atoms with Crippen LogP contribution in [0.2, 0.25) is 0 Å². The molecule has 56 valence electrons. The van der Waals surface area contributed by atoms with Gasteiger partial charge in [0.15, 0.2) is 0 Å². The van der Waals surface area contributed by atoms with Crippen LogP contribution < -0.4 is 5.32 Å². The van der Waals surface area contributed by atoms with Gasteiger partial charge in [0.05, 0.1) is 6.42 Å². The Morgan fingerprint density at radius 2 is 2.40 bits per heavy atom. The molecule has 1 fully saturated rings. The molecule has 1 heterocycles. The molecule has 0 spiro atoms. The number of imide groups is 1. The molecule has 0 radical (unpaired) electrons. The maximum absolute atomic E-state index is 10.7. The van der Waals surface area contributed by atoms with Crippen LogP contribution in [0.4, 0.5) is 0 Å². The largest absolute Gasteiger partial charge is 0.368 e. The predicted octanol–water partition coefficient (Wildman–Crippen LogP) is -0.562. The molecule has 0 bridgehead atoms. The molecule has 1 rings (SSSR count). The third kappa shape index (κ3) is 1.33. The maximum atomic E-state index is 10.7. The molecule has 1 atom stereocenters. The Bertz CT molecular complexity index is 166. The average Bonchev–Trinajstić information content (AvgIpc) is 2.13. The summed E-state index contributed by atoms with van der Waals surface area (Å²) < 4.78 is 4.95. The molecule has 4 nitrogen and oxygen atoms in total. The maximum Gasteiger partial charge on any atom is 0.256 e. The molecular weight excluding hydrogens is 134 g/mol. The van der Waals surface area contributed by atoms with E-state index >= 15 is 0 Å². The molecule has 0 saturated carbocycles. The summed E-state index contributed by atoms with van der Waals surface area (Å²) in [6.07, 6.45) is -0.371. The number of ether oxygens (including phenoxy) is 1. The number of rotatable bonds is 2. The lowest BCUT2D eigenvalue weighted by Gasteiger charge is -2.03. The highest BCUT2D eigenvalue weighted by Crippen LogP contribution is 2.05. The summed E-state index contributed by atoms with van der Waals surface area (Å²) in [4.78, 5) is 21.2. The van der Waals surface area contributed by atoms with Crippen LogP contribution in [-0.2, 0) is 14.3 Å². The normalized spacial score (nSPS) is 25.1. The molecule has 1 saturated heterocycles. The zero-order chi connectivity index (χ0) is 7.56. The molecule has 0 aliphatic carbocycles. The lowest BCUT2D eigenvalue weighted by atomic mass is 10.3. The fraction of sp³-hybridized carbons (Fsp3) is 0.667. The van der Waals surface area contributed by atoms with Crippen molar-refractivity contribution in [2.45, 2.75) is 19.4 Å². The van der Waals surface area contributed by atoms with Crippen molar-refractivity contribution in [3.05, 3.63) is 0 Å². The monoisotopic (exact) mass is 143 g/mol. The van der Waals surface area contributed by atoms with Crippen molar-refractivity contribution in [3.8, 4) is 0 Å². The first-order chi connectivity index (χ1) is 4.74. The first-order valence-corrected chi connectivity index (χ1v) is 3.19. The summed E-state index contributed by atoms with van der Waals surface area (Å²) in [6.45, 7) is 2.25. The predicted molar refractivity (Wildman–Crippen MR) is 33.2 cm³/mol. The molecule has 1 N–H and O–H groups in total. The average molecular weight is 143 g/mol. The van der Waals surface area contributed by atoms with Crippen molar-refractivity contribution < 1.29 is 14.3 Å². The summed E-state index contributed by atoms with van der Waals surface area (Å²) in [7, 11) is 0. The number of hydrogen-bond acceptors (Lipinski definition) is 3. The smallest absolute Gasteiger partial charge is 0.256 e. The second-order valence-corrected chi connectivity index (χ2v) is 2.06. The van der Waals surface area contributed by atoms with E-state index in [9.17, 15) is 9.59 Å². The van der Waals surface area contributed by atoms with E-state index in [4.69, 9.17) is 4.74 Å². The second kappa shape index (κ2) is 2.79. The fourth-order valence-electron chi connectivity index (χ4n) is 0.866. The lowest BCUT2D eigenvalue weighted by molar-refractivity contribution is -0.129. The van der Waals surface area contributed by atoms with Gasteiger partial charge in [0.2, 0.25) is 5.91 Å². The number of carbonyl (C=O) groups excluding carboxylic acids is 2. The van der Waals surface area contributed by atoms with Gasteiger partial charge in [0.1, 0.15) is 6.10 Å². The summed E-state index contributed by atoms with van der Waals surface area (Å²) in [5.41, 5.74) is 0. The Labute approximate surface area is 58.5 Å². The van der Waals surface area contributed by atoms with E-state index in [1.165, 1.54) is 0 Å². The van der Waals surface area contributed by atoms with Crippen LogP contribution in [0.5, 0.6) is 0 Å². The fourth-order valence-corrected chi connectivity index (χ4v) is 0.866. The topological polar surface area (TPSA) is 55.4 Å². The van der Waals surface area contributed by atoms with E-state index in [0.29, 0.717) is 6.61 Å². The highest BCUT2D eigenvalue weighted by molar-refractivity contribution is 6.04. The third-order valence-electron chi connectivity index (χ3n) is 1.29. The summed E-state index contributed by atoms with van der Waals surface area (Å²) in [6, 6.07) is 0. The number of amides is 2. The Morgan fingerprint density at radius 1 is 1.70 bits per heavy atom. The van der Waals surface area contributed by atoms with Crippen molar-refractivity contribution in [2.24, 2.45) is 0 Å². The zero-order valence-electron chi connectivity index (χ0n) is 5.72. The Hall–Kier alpha value is -0.900. The zero-order valence-corrected chi connectivity index (χ0v) is 5.72. The molecule has 0 aromatic carbocycles. The summed E-state index contributed by atoms with van der Waals surface area (Å²) in [5.74, 6) is -0.560. The highest BCUT2D eigenvalue weighted by Gasteiger charge is 2.30. The number of hydrogen-bond donors (Lipinski definition) is 1.